The first-order chi connectivity index (χ1) is 12.8. The lowest BCUT2D eigenvalue weighted by Gasteiger charge is -2.17. The molecule has 2 amide bonds. The fourth-order valence-corrected chi connectivity index (χ4v) is 3.31. The highest BCUT2D eigenvalue weighted by atomic mass is 16.6. The van der Waals surface area contributed by atoms with Gasteiger partial charge in [-0.1, -0.05) is 0 Å². The maximum absolute atomic E-state index is 12.2. The van der Waals surface area contributed by atoms with Crippen LogP contribution in [0.2, 0.25) is 0 Å². The average Bonchev–Trinajstić information content (AvgIpc) is 3.33. The molecule has 2 atom stereocenters. The summed E-state index contributed by atoms with van der Waals surface area (Å²) in [6.45, 7) is 4.11. The van der Waals surface area contributed by atoms with Gasteiger partial charge in [0, 0.05) is 23.0 Å². The summed E-state index contributed by atoms with van der Waals surface area (Å²) in [6.07, 6.45) is 1.75. The van der Waals surface area contributed by atoms with Gasteiger partial charge in [0.1, 0.15) is 11.4 Å². The van der Waals surface area contributed by atoms with Crippen LogP contribution in [0.3, 0.4) is 0 Å². The minimum atomic E-state index is -0.570. The van der Waals surface area contributed by atoms with Crippen molar-refractivity contribution in [2.24, 2.45) is 11.8 Å². The number of pyridine rings is 1. The fraction of sp³-hybridized carbons (Fsp3) is 0.368. The summed E-state index contributed by atoms with van der Waals surface area (Å²) in [7, 11) is 0. The number of hydrogen-bond acceptors (Lipinski definition) is 6. The Morgan fingerprint density at radius 1 is 1.44 bits per heavy atom. The number of benzene rings is 1. The van der Waals surface area contributed by atoms with E-state index < -0.39 is 11.7 Å². The molecular weight excluding hydrogens is 346 g/mol. The van der Waals surface area contributed by atoms with Crippen molar-refractivity contribution in [3.8, 4) is 6.07 Å². The summed E-state index contributed by atoms with van der Waals surface area (Å²) in [6, 6.07) is 7.34. The van der Waals surface area contributed by atoms with E-state index >= 15 is 0 Å². The molecular formula is C19H19N5O3. The first kappa shape index (κ1) is 17.1. The molecule has 2 heterocycles. The minimum Gasteiger partial charge on any atom is -0.441 e. The number of cyclic esters (lactones) is 1. The molecule has 138 valence electrons. The van der Waals surface area contributed by atoms with Crippen LogP contribution in [0, 0.1) is 23.2 Å². The molecule has 0 spiro atoms. The molecule has 2 aliphatic rings. The Labute approximate surface area is 155 Å². The lowest BCUT2D eigenvalue weighted by atomic mass is 10.1. The van der Waals surface area contributed by atoms with Crippen molar-refractivity contribution >= 4 is 40.0 Å². The number of nitrogen functional groups attached to an aromatic ring is 1. The Bertz CT molecular complexity index is 1010. The number of carbonyl (C=O) groups excluding carboxylic acids is 2. The van der Waals surface area contributed by atoms with Crippen molar-refractivity contribution in [3.05, 3.63) is 24.4 Å². The smallest absolute Gasteiger partial charge is 0.415 e. The molecule has 1 unspecified atom stereocenters. The second-order valence-electron chi connectivity index (χ2n) is 7.61. The summed E-state index contributed by atoms with van der Waals surface area (Å²) < 4.78 is 5.35. The van der Waals surface area contributed by atoms with Crippen molar-refractivity contribution in [1.29, 1.82) is 5.26 Å². The number of nitriles is 1. The summed E-state index contributed by atoms with van der Waals surface area (Å²) in [5.74, 6) is -0.304. The molecule has 1 saturated heterocycles. The van der Waals surface area contributed by atoms with Gasteiger partial charge >= 0.3 is 6.09 Å². The summed E-state index contributed by atoms with van der Waals surface area (Å²) in [4.78, 5) is 30.1. The van der Waals surface area contributed by atoms with E-state index in [4.69, 9.17) is 15.7 Å². The number of nitrogens with zero attached hydrogens (tertiary/aromatic N) is 3. The van der Waals surface area contributed by atoms with Crippen LogP contribution in [-0.4, -0.2) is 29.1 Å². The van der Waals surface area contributed by atoms with E-state index in [-0.39, 0.29) is 17.7 Å². The lowest BCUT2D eigenvalue weighted by molar-refractivity contribution is -0.117. The van der Waals surface area contributed by atoms with Gasteiger partial charge < -0.3 is 15.8 Å². The summed E-state index contributed by atoms with van der Waals surface area (Å²) >= 11 is 0. The van der Waals surface area contributed by atoms with Gasteiger partial charge in [-0.25, -0.2) is 9.78 Å². The van der Waals surface area contributed by atoms with Crippen LogP contribution in [0.4, 0.5) is 22.0 Å². The molecule has 2 fully saturated rings. The maximum atomic E-state index is 12.2. The first-order valence-corrected chi connectivity index (χ1v) is 8.68. The predicted molar refractivity (Wildman–Crippen MR) is 99.9 cm³/mol. The molecule has 27 heavy (non-hydrogen) atoms. The average molecular weight is 365 g/mol. The van der Waals surface area contributed by atoms with Crippen molar-refractivity contribution in [2.45, 2.75) is 25.9 Å². The molecule has 1 aliphatic carbocycles. The van der Waals surface area contributed by atoms with E-state index in [9.17, 15) is 9.59 Å². The number of carbonyl (C=O) groups is 2. The van der Waals surface area contributed by atoms with Crippen molar-refractivity contribution in [1.82, 2.24) is 4.98 Å². The van der Waals surface area contributed by atoms with Gasteiger partial charge in [-0.05, 0) is 43.9 Å². The third-order valence-corrected chi connectivity index (χ3v) is 4.83. The highest BCUT2D eigenvalue weighted by Crippen LogP contribution is 2.39. The van der Waals surface area contributed by atoms with Crippen molar-refractivity contribution in [2.75, 3.05) is 22.5 Å². The van der Waals surface area contributed by atoms with E-state index in [1.54, 1.807) is 18.3 Å². The van der Waals surface area contributed by atoms with Crippen molar-refractivity contribution < 1.29 is 14.3 Å². The zero-order valence-electron chi connectivity index (χ0n) is 15.0. The number of rotatable bonds is 3. The standard InChI is InChI=1S/C19H19N5O3/c1-19(2)9-24(18(26)27-19)12-3-10-5-16(22-8-14(10)15(21)6-12)23-17(25)13-4-11(13)7-20/h3,5-6,8,11,13H,4,9,21H2,1-2H3,(H,22,23,25)/t11?,13-/m1/s1. The van der Waals surface area contributed by atoms with Crippen molar-refractivity contribution in [3.63, 3.8) is 0 Å². The Morgan fingerprint density at radius 3 is 2.85 bits per heavy atom. The highest BCUT2D eigenvalue weighted by molar-refractivity contribution is 6.02. The second kappa shape index (κ2) is 5.84. The minimum absolute atomic E-state index is 0.206. The van der Waals surface area contributed by atoms with E-state index in [1.807, 2.05) is 19.9 Å². The number of anilines is 3. The molecule has 1 aliphatic heterocycles. The van der Waals surface area contributed by atoms with Crippen LogP contribution >= 0.6 is 0 Å². The number of fused-ring (bicyclic) bond motifs is 1. The van der Waals surface area contributed by atoms with Gasteiger partial charge in [-0.15, -0.1) is 0 Å². The van der Waals surface area contributed by atoms with Crippen LogP contribution in [0.5, 0.6) is 0 Å². The van der Waals surface area contributed by atoms with Crippen LogP contribution in [0.15, 0.2) is 24.4 Å². The summed E-state index contributed by atoms with van der Waals surface area (Å²) in [5, 5.41) is 13.1. The van der Waals surface area contributed by atoms with Gasteiger partial charge in [-0.2, -0.15) is 5.26 Å². The van der Waals surface area contributed by atoms with Gasteiger partial charge in [0.2, 0.25) is 5.91 Å². The Morgan fingerprint density at radius 2 is 2.22 bits per heavy atom. The van der Waals surface area contributed by atoms with Gasteiger partial charge in [0.15, 0.2) is 0 Å². The fourth-order valence-electron chi connectivity index (χ4n) is 3.31. The zero-order chi connectivity index (χ0) is 19.3. The third kappa shape index (κ3) is 3.12. The van der Waals surface area contributed by atoms with Crippen LogP contribution in [-0.2, 0) is 9.53 Å². The second-order valence-corrected chi connectivity index (χ2v) is 7.61. The molecule has 2 aromatic rings. The normalized spacial score (nSPS) is 23.0. The van der Waals surface area contributed by atoms with E-state index in [0.29, 0.717) is 30.2 Å². The van der Waals surface area contributed by atoms with E-state index in [0.717, 1.165) is 10.8 Å². The van der Waals surface area contributed by atoms with Crippen LogP contribution in [0.25, 0.3) is 10.8 Å². The Kier molecular flexibility index (Phi) is 3.70. The Hall–Kier alpha value is -3.34. The SMILES string of the molecule is CC1(C)CN(c2cc(N)c3cnc(NC(=O)[C@@H]4CC4C#N)cc3c2)C(=O)O1. The number of ether oxygens (including phenoxy) is 1. The van der Waals surface area contributed by atoms with Gasteiger partial charge in [-0.3, -0.25) is 9.69 Å². The number of nitrogens with one attached hydrogen (secondary N) is 1. The molecule has 0 radical (unpaired) electrons. The van der Waals surface area contributed by atoms with Gasteiger partial charge in [0.05, 0.1) is 24.4 Å². The number of nitrogens with two attached hydrogens (primary N) is 1. The molecule has 8 heteroatoms. The number of amides is 2. The molecule has 0 bridgehead atoms. The summed E-state index contributed by atoms with van der Waals surface area (Å²) in [5.41, 5.74) is 6.69. The zero-order valence-corrected chi connectivity index (χ0v) is 15.0. The molecule has 4 rings (SSSR count). The molecule has 1 aromatic carbocycles. The number of aromatic nitrogens is 1. The monoisotopic (exact) mass is 365 g/mol. The molecule has 8 nitrogen and oxygen atoms in total. The largest absolute Gasteiger partial charge is 0.441 e. The quantitative estimate of drug-likeness (QED) is 0.807. The van der Waals surface area contributed by atoms with Gasteiger partial charge in [0.25, 0.3) is 0 Å². The van der Waals surface area contributed by atoms with E-state index in [2.05, 4.69) is 16.4 Å². The predicted octanol–water partition coefficient (Wildman–Crippen LogP) is 2.65. The molecule has 1 saturated carbocycles. The lowest BCUT2D eigenvalue weighted by Crippen LogP contribution is -2.28. The molecule has 3 N–H and O–H groups in total. The topological polar surface area (TPSA) is 121 Å². The third-order valence-electron chi connectivity index (χ3n) is 4.83. The van der Waals surface area contributed by atoms with E-state index in [1.165, 1.54) is 4.90 Å². The van der Waals surface area contributed by atoms with Crippen LogP contribution in [0.1, 0.15) is 20.3 Å². The Balaban J connectivity index is 1.64. The highest BCUT2D eigenvalue weighted by Gasteiger charge is 2.43. The first-order valence-electron chi connectivity index (χ1n) is 8.68. The number of hydrogen-bond donors (Lipinski definition) is 2. The van der Waals surface area contributed by atoms with Crippen LogP contribution < -0.4 is 16.0 Å². The molecule has 1 aromatic heterocycles. The maximum Gasteiger partial charge on any atom is 0.415 e.